The fourth-order valence-corrected chi connectivity index (χ4v) is 2.12. The van der Waals surface area contributed by atoms with Crippen LogP contribution in [-0.2, 0) is 11.3 Å². The molecule has 0 aliphatic rings. The maximum Gasteiger partial charge on any atom is 0.236 e. The lowest BCUT2D eigenvalue weighted by Gasteiger charge is -2.26. The average Bonchev–Trinajstić information content (AvgIpc) is 2.41. The fourth-order valence-electron chi connectivity index (χ4n) is 1.80. The first kappa shape index (κ1) is 17.3. The Kier molecular flexibility index (Phi) is 6.80. The Morgan fingerprint density at radius 3 is 2.45 bits per heavy atom. The molecule has 0 aliphatic carbocycles. The van der Waals surface area contributed by atoms with E-state index in [4.69, 9.17) is 23.2 Å². The normalized spacial score (nSPS) is 12.6. The van der Waals surface area contributed by atoms with Gasteiger partial charge in [-0.05, 0) is 38.1 Å². The van der Waals surface area contributed by atoms with Gasteiger partial charge < -0.3 is 4.90 Å². The molecule has 0 spiro atoms. The molecule has 0 bridgehead atoms. The minimum atomic E-state index is 0.0962. The van der Waals surface area contributed by atoms with E-state index in [0.717, 1.165) is 12.0 Å². The summed E-state index contributed by atoms with van der Waals surface area (Å²) >= 11 is 11.9. The summed E-state index contributed by atoms with van der Waals surface area (Å²) in [6.45, 7) is 5.19. The van der Waals surface area contributed by atoms with Crippen molar-refractivity contribution in [1.29, 1.82) is 0 Å². The molecule has 0 N–H and O–H groups in total. The third kappa shape index (κ3) is 4.97. The Bertz CT molecular complexity index is 465. The van der Waals surface area contributed by atoms with Gasteiger partial charge >= 0.3 is 0 Å². The Morgan fingerprint density at radius 1 is 1.25 bits per heavy atom. The third-order valence-electron chi connectivity index (χ3n) is 3.56. The van der Waals surface area contributed by atoms with Gasteiger partial charge in [0, 0.05) is 19.6 Å². The van der Waals surface area contributed by atoms with Crippen LogP contribution in [0.25, 0.3) is 0 Å². The summed E-state index contributed by atoms with van der Waals surface area (Å²) in [5.41, 5.74) is 0.974. The van der Waals surface area contributed by atoms with Gasteiger partial charge in [-0.3, -0.25) is 9.69 Å². The van der Waals surface area contributed by atoms with E-state index in [1.165, 1.54) is 0 Å². The average molecular weight is 317 g/mol. The molecule has 1 unspecified atom stereocenters. The number of rotatable bonds is 6. The van der Waals surface area contributed by atoms with E-state index in [0.29, 0.717) is 29.2 Å². The minimum absolute atomic E-state index is 0.0962. The summed E-state index contributed by atoms with van der Waals surface area (Å²) in [4.78, 5) is 15.9. The molecule has 0 radical (unpaired) electrons. The summed E-state index contributed by atoms with van der Waals surface area (Å²) in [5, 5.41) is 1.04. The molecule has 0 saturated heterocycles. The zero-order chi connectivity index (χ0) is 15.3. The van der Waals surface area contributed by atoms with Crippen molar-refractivity contribution in [2.45, 2.75) is 32.9 Å². The molecular formula is C15H22Cl2N2O. The number of carbonyl (C=O) groups is 1. The number of amides is 1. The van der Waals surface area contributed by atoms with Gasteiger partial charge in [-0.15, -0.1) is 0 Å². The molecule has 1 aromatic carbocycles. The largest absolute Gasteiger partial charge is 0.340 e. The van der Waals surface area contributed by atoms with Crippen LogP contribution in [0, 0.1) is 0 Å². The quantitative estimate of drug-likeness (QED) is 0.799. The number of halogens is 2. The lowest BCUT2D eigenvalue weighted by atomic mass is 10.2. The van der Waals surface area contributed by atoms with E-state index < -0.39 is 0 Å². The van der Waals surface area contributed by atoms with Crippen LogP contribution in [0.2, 0.25) is 10.0 Å². The predicted octanol–water partition coefficient (Wildman–Crippen LogP) is 3.68. The van der Waals surface area contributed by atoms with Crippen molar-refractivity contribution in [3.63, 3.8) is 0 Å². The lowest BCUT2D eigenvalue weighted by molar-refractivity contribution is -0.131. The van der Waals surface area contributed by atoms with Crippen molar-refractivity contribution in [2.24, 2.45) is 0 Å². The van der Waals surface area contributed by atoms with E-state index in [1.54, 1.807) is 24.1 Å². The van der Waals surface area contributed by atoms with Gasteiger partial charge in [-0.25, -0.2) is 0 Å². The summed E-state index contributed by atoms with van der Waals surface area (Å²) in [6, 6.07) is 5.84. The first-order valence-corrected chi connectivity index (χ1v) is 7.48. The van der Waals surface area contributed by atoms with Crippen LogP contribution >= 0.6 is 23.2 Å². The smallest absolute Gasteiger partial charge is 0.236 e. The molecule has 3 nitrogen and oxygen atoms in total. The number of hydrogen-bond acceptors (Lipinski definition) is 2. The Morgan fingerprint density at radius 2 is 1.90 bits per heavy atom. The fraction of sp³-hybridized carbons (Fsp3) is 0.533. The van der Waals surface area contributed by atoms with Crippen molar-refractivity contribution in [3.05, 3.63) is 33.8 Å². The second-order valence-corrected chi connectivity index (χ2v) is 5.99. The highest BCUT2D eigenvalue weighted by atomic mass is 35.5. The van der Waals surface area contributed by atoms with Crippen LogP contribution in [0.4, 0.5) is 0 Å². The second kappa shape index (κ2) is 7.87. The lowest BCUT2D eigenvalue weighted by Crippen LogP contribution is -2.39. The van der Waals surface area contributed by atoms with Gasteiger partial charge in [0.2, 0.25) is 5.91 Å². The van der Waals surface area contributed by atoms with E-state index in [-0.39, 0.29) is 5.91 Å². The molecule has 1 amide bonds. The number of benzene rings is 1. The molecular weight excluding hydrogens is 295 g/mol. The Hall–Kier alpha value is -0.770. The SMILES string of the molecule is CCC(C)N(C)CC(=O)N(C)Cc1ccc(Cl)c(Cl)c1. The zero-order valence-electron chi connectivity index (χ0n) is 12.5. The number of likely N-dealkylation sites (N-methyl/N-ethyl adjacent to an activating group) is 2. The van der Waals surface area contributed by atoms with Crippen molar-refractivity contribution in [3.8, 4) is 0 Å². The van der Waals surface area contributed by atoms with E-state index in [9.17, 15) is 4.79 Å². The topological polar surface area (TPSA) is 23.6 Å². The monoisotopic (exact) mass is 316 g/mol. The standard InChI is InChI=1S/C15H22Cl2N2O/c1-5-11(2)18(3)10-15(20)19(4)9-12-6-7-13(16)14(17)8-12/h6-8,11H,5,9-10H2,1-4H3. The summed E-state index contributed by atoms with van der Waals surface area (Å²) in [5.74, 6) is 0.0962. The van der Waals surface area contributed by atoms with Gasteiger partial charge in [-0.1, -0.05) is 36.2 Å². The molecule has 0 saturated carbocycles. The highest BCUT2D eigenvalue weighted by Gasteiger charge is 2.15. The van der Waals surface area contributed by atoms with Crippen LogP contribution in [0.3, 0.4) is 0 Å². The van der Waals surface area contributed by atoms with E-state index >= 15 is 0 Å². The molecule has 1 rings (SSSR count). The third-order valence-corrected chi connectivity index (χ3v) is 4.30. The van der Waals surface area contributed by atoms with Crippen LogP contribution in [-0.4, -0.2) is 42.4 Å². The molecule has 1 aromatic rings. The predicted molar refractivity (Wildman–Crippen MR) is 85.3 cm³/mol. The number of carbonyl (C=O) groups excluding carboxylic acids is 1. The van der Waals surface area contributed by atoms with Gasteiger partial charge in [0.1, 0.15) is 0 Å². The summed E-state index contributed by atoms with van der Waals surface area (Å²) in [6.07, 6.45) is 1.03. The van der Waals surface area contributed by atoms with Crippen molar-refractivity contribution >= 4 is 29.1 Å². The minimum Gasteiger partial charge on any atom is -0.340 e. The molecule has 20 heavy (non-hydrogen) atoms. The van der Waals surface area contributed by atoms with Crippen molar-refractivity contribution in [2.75, 3.05) is 20.6 Å². The Labute approximate surface area is 131 Å². The van der Waals surface area contributed by atoms with Gasteiger partial charge in [0.15, 0.2) is 0 Å². The first-order valence-electron chi connectivity index (χ1n) is 6.73. The summed E-state index contributed by atoms with van der Waals surface area (Å²) < 4.78 is 0. The van der Waals surface area contributed by atoms with E-state index in [2.05, 4.69) is 18.7 Å². The molecule has 112 valence electrons. The van der Waals surface area contributed by atoms with Crippen LogP contribution < -0.4 is 0 Å². The summed E-state index contributed by atoms with van der Waals surface area (Å²) in [7, 11) is 3.77. The molecule has 0 aliphatic heterocycles. The molecule has 0 heterocycles. The van der Waals surface area contributed by atoms with E-state index in [1.807, 2.05) is 13.1 Å². The number of hydrogen-bond donors (Lipinski definition) is 0. The van der Waals surface area contributed by atoms with Crippen molar-refractivity contribution in [1.82, 2.24) is 9.80 Å². The molecule has 5 heteroatoms. The first-order chi connectivity index (χ1) is 9.35. The van der Waals surface area contributed by atoms with Crippen LogP contribution in [0.5, 0.6) is 0 Å². The maximum absolute atomic E-state index is 12.2. The zero-order valence-corrected chi connectivity index (χ0v) is 14.0. The van der Waals surface area contributed by atoms with Crippen LogP contribution in [0.15, 0.2) is 18.2 Å². The second-order valence-electron chi connectivity index (χ2n) is 5.17. The van der Waals surface area contributed by atoms with Crippen LogP contribution in [0.1, 0.15) is 25.8 Å². The molecule has 0 aromatic heterocycles. The van der Waals surface area contributed by atoms with Gasteiger partial charge in [0.05, 0.1) is 16.6 Å². The number of nitrogens with zero attached hydrogens (tertiary/aromatic N) is 2. The molecule has 0 fully saturated rings. The Balaban J connectivity index is 2.59. The van der Waals surface area contributed by atoms with Gasteiger partial charge in [-0.2, -0.15) is 0 Å². The van der Waals surface area contributed by atoms with Gasteiger partial charge in [0.25, 0.3) is 0 Å². The maximum atomic E-state index is 12.2. The van der Waals surface area contributed by atoms with Crippen molar-refractivity contribution < 1.29 is 4.79 Å². The highest BCUT2D eigenvalue weighted by Crippen LogP contribution is 2.23. The molecule has 1 atom stereocenters. The highest BCUT2D eigenvalue weighted by molar-refractivity contribution is 6.42.